The Morgan fingerprint density at radius 1 is 1.48 bits per heavy atom. The smallest absolute Gasteiger partial charge is 0.293 e. The number of rotatable bonds is 5. The summed E-state index contributed by atoms with van der Waals surface area (Å²) in [4.78, 5) is 19.9. The molecule has 0 radical (unpaired) electrons. The zero-order chi connectivity index (χ0) is 14.7. The highest BCUT2D eigenvalue weighted by Crippen LogP contribution is 2.22. The predicted molar refractivity (Wildman–Crippen MR) is 75.8 cm³/mol. The van der Waals surface area contributed by atoms with Crippen LogP contribution in [0.3, 0.4) is 0 Å². The maximum Gasteiger partial charge on any atom is 0.293 e. The Labute approximate surface area is 124 Å². The van der Waals surface area contributed by atoms with Crippen LogP contribution < -0.4 is 5.32 Å². The Balaban J connectivity index is 1.60. The lowest BCUT2D eigenvalue weighted by molar-refractivity contribution is 0.0994. The minimum Gasteiger partial charge on any atom is -0.455 e. The maximum absolute atomic E-state index is 11.9. The first-order valence-corrected chi connectivity index (χ1v) is 7.06. The molecule has 21 heavy (non-hydrogen) atoms. The molecule has 9 heteroatoms. The molecule has 2 N–H and O–H groups in total. The minimum absolute atomic E-state index is 0.224. The summed E-state index contributed by atoms with van der Waals surface area (Å²) in [5, 5.41) is 9.62. The van der Waals surface area contributed by atoms with E-state index in [1.807, 2.05) is 17.8 Å². The van der Waals surface area contributed by atoms with E-state index < -0.39 is 0 Å². The van der Waals surface area contributed by atoms with E-state index in [9.17, 15) is 4.79 Å². The van der Waals surface area contributed by atoms with Gasteiger partial charge in [-0.1, -0.05) is 11.8 Å². The van der Waals surface area contributed by atoms with Gasteiger partial charge < -0.3 is 8.98 Å². The highest BCUT2D eigenvalue weighted by Gasteiger charge is 2.13. The van der Waals surface area contributed by atoms with Crippen LogP contribution in [-0.4, -0.2) is 30.6 Å². The van der Waals surface area contributed by atoms with Crippen molar-refractivity contribution < 1.29 is 9.21 Å². The Morgan fingerprint density at radius 2 is 2.38 bits per heavy atom. The zero-order valence-corrected chi connectivity index (χ0v) is 11.9. The van der Waals surface area contributed by atoms with Crippen molar-refractivity contribution in [3.63, 3.8) is 0 Å². The lowest BCUT2D eigenvalue weighted by Crippen LogP contribution is -2.11. The minimum atomic E-state index is -0.375. The van der Waals surface area contributed by atoms with Crippen molar-refractivity contribution in [2.45, 2.75) is 10.9 Å². The van der Waals surface area contributed by atoms with E-state index in [4.69, 9.17) is 4.42 Å². The molecule has 0 unspecified atom stereocenters. The number of aryl methyl sites for hydroxylation is 1. The molecule has 0 saturated heterocycles. The van der Waals surface area contributed by atoms with E-state index in [1.165, 1.54) is 18.1 Å². The van der Waals surface area contributed by atoms with Crippen molar-refractivity contribution in [2.75, 3.05) is 5.32 Å². The fraction of sp³-hybridized carbons (Fsp3) is 0.167. The van der Waals surface area contributed by atoms with Gasteiger partial charge in [0.25, 0.3) is 5.91 Å². The van der Waals surface area contributed by atoms with Crippen molar-refractivity contribution in [3.8, 4) is 0 Å². The molecule has 0 fully saturated rings. The molecule has 0 spiro atoms. The molecule has 0 atom stereocenters. The number of nitrogens with one attached hydrogen (secondary N) is 2. The second-order valence-corrected chi connectivity index (χ2v) is 5.11. The first-order valence-electron chi connectivity index (χ1n) is 6.08. The molecule has 0 aliphatic heterocycles. The largest absolute Gasteiger partial charge is 0.455 e. The standard InChI is InChI=1S/C12H12N6O2S/c1-18-5-4-13-12(18)21-6-8-2-3-9(20-8)10(19)16-11-14-7-15-17-11/h2-5,7H,6H2,1H3,(H2,14,15,16,17,19). The predicted octanol–water partition coefficient (Wildman–Crippen LogP) is 1.68. The number of imidazole rings is 1. The van der Waals surface area contributed by atoms with Crippen LogP contribution in [0.15, 0.2) is 40.4 Å². The van der Waals surface area contributed by atoms with Gasteiger partial charge >= 0.3 is 0 Å². The average Bonchev–Trinajstić information content (AvgIpc) is 3.18. The number of aromatic amines is 1. The van der Waals surface area contributed by atoms with E-state index >= 15 is 0 Å². The number of furan rings is 1. The van der Waals surface area contributed by atoms with Gasteiger partial charge in [0.05, 0.1) is 5.75 Å². The molecule has 0 aliphatic carbocycles. The Bertz CT molecular complexity index is 733. The maximum atomic E-state index is 11.9. The van der Waals surface area contributed by atoms with Gasteiger partial charge in [0.2, 0.25) is 5.95 Å². The Morgan fingerprint density at radius 3 is 3.10 bits per heavy atom. The fourth-order valence-corrected chi connectivity index (χ4v) is 2.47. The second-order valence-electron chi connectivity index (χ2n) is 4.16. The van der Waals surface area contributed by atoms with E-state index in [0.717, 1.165) is 5.16 Å². The molecule has 0 aliphatic rings. The summed E-state index contributed by atoms with van der Waals surface area (Å²) in [6.45, 7) is 0. The number of carbonyl (C=O) groups excluding carboxylic acids is 1. The quantitative estimate of drug-likeness (QED) is 0.695. The third-order valence-corrected chi connectivity index (χ3v) is 3.73. The highest BCUT2D eigenvalue weighted by molar-refractivity contribution is 7.98. The lowest BCUT2D eigenvalue weighted by Gasteiger charge is -2.00. The van der Waals surface area contributed by atoms with Crippen molar-refractivity contribution in [1.29, 1.82) is 0 Å². The fourth-order valence-electron chi connectivity index (χ4n) is 1.64. The van der Waals surface area contributed by atoms with Gasteiger partial charge in [-0.25, -0.2) is 10.1 Å². The zero-order valence-electron chi connectivity index (χ0n) is 11.1. The van der Waals surface area contributed by atoms with Gasteiger partial charge in [-0.05, 0) is 12.1 Å². The number of thioether (sulfide) groups is 1. The number of H-pyrrole nitrogens is 1. The van der Waals surface area contributed by atoms with E-state index in [2.05, 4.69) is 25.5 Å². The van der Waals surface area contributed by atoms with Crippen LogP contribution in [0.2, 0.25) is 0 Å². The highest BCUT2D eigenvalue weighted by atomic mass is 32.2. The van der Waals surface area contributed by atoms with E-state index in [1.54, 1.807) is 18.3 Å². The average molecular weight is 304 g/mol. The topological polar surface area (TPSA) is 102 Å². The number of anilines is 1. The van der Waals surface area contributed by atoms with Gasteiger partial charge in [0.15, 0.2) is 10.9 Å². The van der Waals surface area contributed by atoms with Crippen molar-refractivity contribution in [1.82, 2.24) is 24.7 Å². The van der Waals surface area contributed by atoms with Gasteiger partial charge in [-0.15, -0.1) is 0 Å². The van der Waals surface area contributed by atoms with Crippen molar-refractivity contribution in [3.05, 3.63) is 42.4 Å². The summed E-state index contributed by atoms with van der Waals surface area (Å²) < 4.78 is 7.42. The Hall–Kier alpha value is -2.55. The summed E-state index contributed by atoms with van der Waals surface area (Å²) in [5.41, 5.74) is 0. The summed E-state index contributed by atoms with van der Waals surface area (Å²) >= 11 is 1.54. The van der Waals surface area contributed by atoms with Gasteiger partial charge in [-0.3, -0.25) is 10.1 Å². The van der Waals surface area contributed by atoms with Crippen LogP contribution in [0.5, 0.6) is 0 Å². The molecule has 3 aromatic rings. The number of nitrogens with zero attached hydrogens (tertiary/aromatic N) is 4. The third-order valence-electron chi connectivity index (χ3n) is 2.65. The molecule has 0 aromatic carbocycles. The Kier molecular flexibility index (Phi) is 3.73. The molecule has 3 heterocycles. The van der Waals surface area contributed by atoms with Gasteiger partial charge in [0, 0.05) is 19.4 Å². The number of hydrogen-bond donors (Lipinski definition) is 2. The molecular formula is C12H12N6O2S. The number of aromatic nitrogens is 5. The molecule has 8 nitrogen and oxygen atoms in total. The summed E-state index contributed by atoms with van der Waals surface area (Å²) in [6.07, 6.45) is 4.92. The normalized spacial score (nSPS) is 10.7. The lowest BCUT2D eigenvalue weighted by atomic mass is 10.4. The number of hydrogen-bond acceptors (Lipinski definition) is 6. The van der Waals surface area contributed by atoms with Crippen molar-refractivity contribution in [2.24, 2.45) is 7.05 Å². The van der Waals surface area contributed by atoms with E-state index in [0.29, 0.717) is 11.5 Å². The summed E-state index contributed by atoms with van der Waals surface area (Å²) in [7, 11) is 1.92. The van der Waals surface area contributed by atoms with Crippen LogP contribution in [0.1, 0.15) is 16.3 Å². The molecular weight excluding hydrogens is 292 g/mol. The molecule has 1 amide bonds. The van der Waals surface area contributed by atoms with Crippen LogP contribution >= 0.6 is 11.8 Å². The third kappa shape index (κ3) is 3.14. The van der Waals surface area contributed by atoms with Crippen LogP contribution in [0, 0.1) is 0 Å². The molecule has 3 aromatic heterocycles. The van der Waals surface area contributed by atoms with Crippen LogP contribution in [-0.2, 0) is 12.8 Å². The summed E-state index contributed by atoms with van der Waals surface area (Å²) in [6, 6.07) is 3.39. The molecule has 3 rings (SSSR count). The number of carbonyl (C=O) groups is 1. The molecule has 0 saturated carbocycles. The van der Waals surface area contributed by atoms with Gasteiger partial charge in [0.1, 0.15) is 12.1 Å². The summed E-state index contributed by atoms with van der Waals surface area (Å²) in [5.74, 6) is 1.42. The molecule has 0 bridgehead atoms. The number of amides is 1. The second kappa shape index (κ2) is 5.83. The van der Waals surface area contributed by atoms with Crippen LogP contribution in [0.4, 0.5) is 5.95 Å². The van der Waals surface area contributed by atoms with Gasteiger partial charge in [-0.2, -0.15) is 10.1 Å². The first kappa shape index (κ1) is 13.4. The first-order chi connectivity index (χ1) is 10.2. The molecule has 108 valence electrons. The SMILES string of the molecule is Cn1ccnc1SCc1ccc(C(=O)Nc2ncn[nH]2)o1. The van der Waals surface area contributed by atoms with Crippen molar-refractivity contribution >= 4 is 23.6 Å². The monoisotopic (exact) mass is 304 g/mol. The van der Waals surface area contributed by atoms with E-state index in [-0.39, 0.29) is 17.6 Å². The van der Waals surface area contributed by atoms with Crippen LogP contribution in [0.25, 0.3) is 0 Å².